The molecule has 0 spiro atoms. The fourth-order valence-electron chi connectivity index (χ4n) is 3.05. The first-order chi connectivity index (χ1) is 10.3. The van der Waals surface area contributed by atoms with E-state index in [4.69, 9.17) is 9.47 Å². The van der Waals surface area contributed by atoms with Crippen LogP contribution in [-0.4, -0.2) is 20.8 Å². The Hall–Kier alpha value is -2.16. The van der Waals surface area contributed by atoms with Gasteiger partial charge in [-0.3, -0.25) is 0 Å². The molecule has 1 unspecified atom stereocenters. The van der Waals surface area contributed by atoms with E-state index in [0.29, 0.717) is 5.92 Å². The Bertz CT molecular complexity index is 624. The quantitative estimate of drug-likeness (QED) is 0.924. The van der Waals surface area contributed by atoms with Gasteiger partial charge in [-0.1, -0.05) is 24.3 Å². The van der Waals surface area contributed by atoms with Gasteiger partial charge in [0.05, 0.1) is 14.2 Å². The van der Waals surface area contributed by atoms with Gasteiger partial charge in [0, 0.05) is 12.2 Å². The van der Waals surface area contributed by atoms with Gasteiger partial charge in [0.25, 0.3) is 0 Å². The van der Waals surface area contributed by atoms with Gasteiger partial charge in [0.1, 0.15) is 0 Å². The minimum atomic E-state index is 0.556. The highest BCUT2D eigenvalue weighted by Crippen LogP contribution is 2.35. The van der Waals surface area contributed by atoms with Crippen LogP contribution < -0.4 is 14.8 Å². The number of rotatable bonds is 4. The Labute approximate surface area is 125 Å². The molecule has 0 fully saturated rings. The number of methoxy groups -OCH3 is 2. The van der Waals surface area contributed by atoms with Crippen molar-refractivity contribution in [3.63, 3.8) is 0 Å². The topological polar surface area (TPSA) is 30.5 Å². The van der Waals surface area contributed by atoms with Gasteiger partial charge in [-0.2, -0.15) is 0 Å². The molecule has 0 aromatic heterocycles. The standard InChI is InChI=1S/C18H21NO2/c1-20-17-8-7-13(12-18(17)21-2)11-14-9-10-19-16-6-4-3-5-15(14)16/h3-8,12,14,19H,9-11H2,1-2H3. The zero-order valence-electron chi connectivity index (χ0n) is 12.6. The molecule has 1 aliphatic rings. The maximum atomic E-state index is 5.40. The van der Waals surface area contributed by atoms with Crippen LogP contribution in [0.4, 0.5) is 5.69 Å². The van der Waals surface area contributed by atoms with Crippen molar-refractivity contribution in [3.8, 4) is 11.5 Å². The van der Waals surface area contributed by atoms with Gasteiger partial charge >= 0.3 is 0 Å². The lowest BCUT2D eigenvalue weighted by Gasteiger charge is -2.27. The third kappa shape index (κ3) is 2.82. The molecule has 0 amide bonds. The maximum Gasteiger partial charge on any atom is 0.160 e. The summed E-state index contributed by atoms with van der Waals surface area (Å²) in [5.74, 6) is 2.14. The minimum Gasteiger partial charge on any atom is -0.493 e. The lowest BCUT2D eigenvalue weighted by Crippen LogP contribution is -2.18. The van der Waals surface area contributed by atoms with Gasteiger partial charge in [0.15, 0.2) is 11.5 Å². The largest absolute Gasteiger partial charge is 0.493 e. The fraction of sp³-hybridized carbons (Fsp3) is 0.333. The van der Waals surface area contributed by atoms with Gasteiger partial charge in [-0.15, -0.1) is 0 Å². The van der Waals surface area contributed by atoms with E-state index in [1.807, 2.05) is 6.07 Å². The third-order valence-electron chi connectivity index (χ3n) is 4.14. The predicted octanol–water partition coefficient (Wildman–Crippen LogP) is 3.85. The second kappa shape index (κ2) is 6.08. The van der Waals surface area contributed by atoms with Gasteiger partial charge in [-0.25, -0.2) is 0 Å². The van der Waals surface area contributed by atoms with Crippen molar-refractivity contribution in [2.24, 2.45) is 0 Å². The first-order valence-electron chi connectivity index (χ1n) is 7.35. The van der Waals surface area contributed by atoms with Crippen LogP contribution in [0.1, 0.15) is 23.5 Å². The molecule has 3 rings (SSSR count). The molecule has 3 nitrogen and oxygen atoms in total. The van der Waals surface area contributed by atoms with Crippen molar-refractivity contribution >= 4 is 5.69 Å². The van der Waals surface area contributed by atoms with Crippen LogP contribution in [0.25, 0.3) is 0 Å². The van der Waals surface area contributed by atoms with Crippen LogP contribution in [0.2, 0.25) is 0 Å². The molecule has 2 aromatic carbocycles. The van der Waals surface area contributed by atoms with Crippen LogP contribution in [0.5, 0.6) is 11.5 Å². The van der Waals surface area contributed by atoms with Crippen molar-refractivity contribution in [1.82, 2.24) is 0 Å². The normalized spacial score (nSPS) is 16.8. The molecule has 21 heavy (non-hydrogen) atoms. The number of fused-ring (bicyclic) bond motifs is 1. The number of nitrogens with one attached hydrogen (secondary N) is 1. The number of hydrogen-bond acceptors (Lipinski definition) is 3. The molecule has 0 aliphatic carbocycles. The van der Waals surface area contributed by atoms with E-state index in [0.717, 1.165) is 30.9 Å². The summed E-state index contributed by atoms with van der Waals surface area (Å²) in [6.07, 6.45) is 2.18. The van der Waals surface area contributed by atoms with Gasteiger partial charge in [-0.05, 0) is 48.1 Å². The monoisotopic (exact) mass is 283 g/mol. The van der Waals surface area contributed by atoms with E-state index >= 15 is 0 Å². The highest BCUT2D eigenvalue weighted by Gasteiger charge is 2.20. The molecular formula is C18H21NO2. The van der Waals surface area contributed by atoms with Crippen LogP contribution in [0, 0.1) is 0 Å². The second-order valence-electron chi connectivity index (χ2n) is 5.39. The molecule has 1 N–H and O–H groups in total. The fourth-order valence-corrected chi connectivity index (χ4v) is 3.05. The lowest BCUT2D eigenvalue weighted by molar-refractivity contribution is 0.354. The Morgan fingerprint density at radius 3 is 2.67 bits per heavy atom. The highest BCUT2D eigenvalue weighted by atomic mass is 16.5. The minimum absolute atomic E-state index is 0.556. The Kier molecular flexibility index (Phi) is 4.00. The zero-order chi connectivity index (χ0) is 14.7. The van der Waals surface area contributed by atoms with Crippen LogP contribution >= 0.6 is 0 Å². The van der Waals surface area contributed by atoms with E-state index in [2.05, 4.69) is 41.7 Å². The summed E-state index contributed by atoms with van der Waals surface area (Å²) in [7, 11) is 3.35. The van der Waals surface area contributed by atoms with E-state index in [-0.39, 0.29) is 0 Å². The number of ether oxygens (including phenoxy) is 2. The highest BCUT2D eigenvalue weighted by molar-refractivity contribution is 5.55. The number of hydrogen-bond donors (Lipinski definition) is 1. The smallest absolute Gasteiger partial charge is 0.160 e. The molecule has 110 valence electrons. The van der Waals surface area contributed by atoms with E-state index in [9.17, 15) is 0 Å². The lowest BCUT2D eigenvalue weighted by atomic mass is 9.86. The first kappa shape index (κ1) is 13.8. The van der Waals surface area contributed by atoms with Crippen molar-refractivity contribution in [2.75, 3.05) is 26.1 Å². The molecule has 0 radical (unpaired) electrons. The summed E-state index contributed by atoms with van der Waals surface area (Å²) in [6.45, 7) is 1.04. The molecule has 1 atom stereocenters. The summed E-state index contributed by atoms with van der Waals surface area (Å²) in [5, 5.41) is 3.47. The molecule has 2 aromatic rings. The summed E-state index contributed by atoms with van der Waals surface area (Å²) in [5.41, 5.74) is 3.97. The first-order valence-corrected chi connectivity index (χ1v) is 7.35. The SMILES string of the molecule is COc1ccc(CC2CCNc3ccccc32)cc1OC. The molecule has 0 saturated carbocycles. The Morgan fingerprint density at radius 1 is 1.05 bits per heavy atom. The van der Waals surface area contributed by atoms with Crippen molar-refractivity contribution in [3.05, 3.63) is 53.6 Å². The Morgan fingerprint density at radius 2 is 1.86 bits per heavy atom. The van der Waals surface area contributed by atoms with Crippen LogP contribution in [-0.2, 0) is 6.42 Å². The van der Waals surface area contributed by atoms with Crippen LogP contribution in [0.15, 0.2) is 42.5 Å². The number of para-hydroxylation sites is 1. The van der Waals surface area contributed by atoms with E-state index in [1.54, 1.807) is 14.2 Å². The van der Waals surface area contributed by atoms with E-state index in [1.165, 1.54) is 16.8 Å². The predicted molar refractivity (Wildman–Crippen MR) is 85.5 cm³/mol. The zero-order valence-corrected chi connectivity index (χ0v) is 12.6. The molecule has 1 aliphatic heterocycles. The average Bonchev–Trinajstić information content (AvgIpc) is 2.55. The molecule has 1 heterocycles. The molecule has 0 bridgehead atoms. The van der Waals surface area contributed by atoms with Crippen molar-refractivity contribution in [2.45, 2.75) is 18.8 Å². The molecular weight excluding hydrogens is 262 g/mol. The number of benzene rings is 2. The van der Waals surface area contributed by atoms with E-state index < -0.39 is 0 Å². The number of anilines is 1. The van der Waals surface area contributed by atoms with Gasteiger partial charge < -0.3 is 14.8 Å². The summed E-state index contributed by atoms with van der Waals surface area (Å²) in [4.78, 5) is 0. The second-order valence-corrected chi connectivity index (χ2v) is 5.39. The molecule has 3 heteroatoms. The van der Waals surface area contributed by atoms with Crippen molar-refractivity contribution < 1.29 is 9.47 Å². The van der Waals surface area contributed by atoms with Crippen molar-refractivity contribution in [1.29, 1.82) is 0 Å². The van der Waals surface area contributed by atoms with Gasteiger partial charge in [0.2, 0.25) is 0 Å². The maximum absolute atomic E-state index is 5.40. The summed E-state index contributed by atoms with van der Waals surface area (Å²) < 4.78 is 10.7. The third-order valence-corrected chi connectivity index (χ3v) is 4.14. The summed E-state index contributed by atoms with van der Waals surface area (Å²) in [6, 6.07) is 14.8. The summed E-state index contributed by atoms with van der Waals surface area (Å²) >= 11 is 0. The average molecular weight is 283 g/mol. The molecule has 0 saturated heterocycles. The van der Waals surface area contributed by atoms with Crippen LogP contribution in [0.3, 0.4) is 0 Å². The Balaban J connectivity index is 1.85.